The van der Waals surface area contributed by atoms with Gasteiger partial charge in [-0.2, -0.15) is 0 Å². The van der Waals surface area contributed by atoms with E-state index in [9.17, 15) is 4.79 Å². The molecule has 0 spiro atoms. The number of nitrogens with zero attached hydrogens (tertiary/aromatic N) is 1. The van der Waals surface area contributed by atoms with Gasteiger partial charge in [0.25, 0.3) is 0 Å². The number of hydrogen-bond donors (Lipinski definition) is 1. The number of nitrogens with two attached hydrogens (primary N) is 1. The first-order valence-corrected chi connectivity index (χ1v) is 7.67. The van der Waals surface area contributed by atoms with Crippen molar-refractivity contribution in [1.82, 2.24) is 4.90 Å². The Labute approximate surface area is 123 Å². The van der Waals surface area contributed by atoms with Crippen LogP contribution < -0.4 is 5.73 Å². The van der Waals surface area contributed by atoms with Gasteiger partial charge in [-0.1, -0.05) is 11.8 Å². The monoisotopic (exact) mass is 292 g/mol. The van der Waals surface area contributed by atoms with Crippen molar-refractivity contribution < 1.29 is 9.53 Å². The first kappa shape index (κ1) is 15.0. The molecule has 0 unspecified atom stereocenters. The molecule has 0 radical (unpaired) electrons. The van der Waals surface area contributed by atoms with E-state index in [4.69, 9.17) is 10.5 Å². The van der Waals surface area contributed by atoms with Crippen LogP contribution in [0, 0.1) is 17.8 Å². The number of carbonyl (C=O) groups is 1. The second kappa shape index (κ2) is 7.44. The Morgan fingerprint density at radius 2 is 2.30 bits per heavy atom. The van der Waals surface area contributed by atoms with E-state index >= 15 is 0 Å². The van der Waals surface area contributed by atoms with Gasteiger partial charge in [0.05, 0.1) is 13.1 Å². The third kappa shape index (κ3) is 4.07. The molecule has 1 aromatic rings. The quantitative estimate of drug-likeness (QED) is 0.858. The summed E-state index contributed by atoms with van der Waals surface area (Å²) >= 11 is 1.63. The van der Waals surface area contributed by atoms with E-state index < -0.39 is 0 Å². The van der Waals surface area contributed by atoms with Crippen LogP contribution in [-0.4, -0.2) is 37.6 Å². The predicted molar refractivity (Wildman–Crippen MR) is 80.3 cm³/mol. The highest BCUT2D eigenvalue weighted by molar-refractivity contribution is 7.10. The van der Waals surface area contributed by atoms with Gasteiger partial charge in [0.15, 0.2) is 0 Å². The average Bonchev–Trinajstić information content (AvgIpc) is 2.92. The van der Waals surface area contributed by atoms with Crippen molar-refractivity contribution in [2.75, 3.05) is 26.8 Å². The zero-order valence-electron chi connectivity index (χ0n) is 11.7. The molecule has 1 aliphatic rings. The Morgan fingerprint density at radius 1 is 1.55 bits per heavy atom. The standard InChI is InChI=1S/C15H20N2O2S/c1-17(15(18)13-4-7-19-8-5-13)10-14-9-12(11-20-14)3-2-6-16/h9,11,13H,4-8,10,16H2,1H3. The van der Waals surface area contributed by atoms with E-state index in [0.29, 0.717) is 26.3 Å². The Morgan fingerprint density at radius 3 is 3.00 bits per heavy atom. The van der Waals surface area contributed by atoms with Crippen LogP contribution in [0.4, 0.5) is 0 Å². The van der Waals surface area contributed by atoms with Crippen molar-refractivity contribution in [3.8, 4) is 11.8 Å². The number of hydrogen-bond acceptors (Lipinski definition) is 4. The molecule has 0 aromatic carbocycles. The van der Waals surface area contributed by atoms with E-state index in [1.54, 1.807) is 11.3 Å². The van der Waals surface area contributed by atoms with Crippen molar-refractivity contribution >= 4 is 17.2 Å². The Kier molecular flexibility index (Phi) is 5.60. The molecule has 1 aliphatic heterocycles. The smallest absolute Gasteiger partial charge is 0.225 e. The van der Waals surface area contributed by atoms with Crippen molar-refractivity contribution in [1.29, 1.82) is 0 Å². The van der Waals surface area contributed by atoms with Gasteiger partial charge >= 0.3 is 0 Å². The van der Waals surface area contributed by atoms with E-state index in [-0.39, 0.29) is 11.8 Å². The molecule has 0 saturated carbocycles. The van der Waals surface area contributed by atoms with Gasteiger partial charge in [-0.25, -0.2) is 0 Å². The molecular formula is C15H20N2O2S. The van der Waals surface area contributed by atoms with E-state index in [0.717, 1.165) is 23.3 Å². The highest BCUT2D eigenvalue weighted by Gasteiger charge is 2.24. The Bertz CT molecular complexity index is 509. The van der Waals surface area contributed by atoms with Gasteiger partial charge < -0.3 is 15.4 Å². The minimum Gasteiger partial charge on any atom is -0.381 e. The fraction of sp³-hybridized carbons (Fsp3) is 0.533. The van der Waals surface area contributed by atoms with Gasteiger partial charge in [0.2, 0.25) is 5.91 Å². The second-order valence-corrected chi connectivity index (χ2v) is 5.88. The minimum absolute atomic E-state index is 0.116. The molecule has 2 N–H and O–H groups in total. The molecule has 1 saturated heterocycles. The van der Waals surface area contributed by atoms with Gasteiger partial charge in [-0.05, 0) is 18.9 Å². The van der Waals surface area contributed by atoms with E-state index in [1.807, 2.05) is 23.4 Å². The molecule has 0 bridgehead atoms. The number of rotatable bonds is 3. The van der Waals surface area contributed by atoms with Gasteiger partial charge in [0, 0.05) is 42.0 Å². The van der Waals surface area contributed by atoms with Crippen LogP contribution in [0.25, 0.3) is 0 Å². The summed E-state index contributed by atoms with van der Waals surface area (Å²) in [5.74, 6) is 6.18. The average molecular weight is 292 g/mol. The predicted octanol–water partition coefficient (Wildman–Crippen LogP) is 1.44. The maximum absolute atomic E-state index is 12.3. The SMILES string of the molecule is CN(Cc1cc(C#CCN)cs1)C(=O)C1CCOCC1. The number of thiophene rings is 1. The van der Waals surface area contributed by atoms with Crippen molar-refractivity contribution in [2.24, 2.45) is 11.7 Å². The molecule has 1 aromatic heterocycles. The van der Waals surface area contributed by atoms with Gasteiger partial charge in [-0.15, -0.1) is 11.3 Å². The van der Waals surface area contributed by atoms with Crippen LogP contribution in [0.5, 0.6) is 0 Å². The summed E-state index contributed by atoms with van der Waals surface area (Å²) in [4.78, 5) is 15.3. The van der Waals surface area contributed by atoms with Crippen molar-refractivity contribution in [3.63, 3.8) is 0 Å². The lowest BCUT2D eigenvalue weighted by molar-refractivity contribution is -0.137. The maximum Gasteiger partial charge on any atom is 0.225 e. The largest absolute Gasteiger partial charge is 0.381 e. The van der Waals surface area contributed by atoms with E-state index in [2.05, 4.69) is 11.8 Å². The summed E-state index contributed by atoms with van der Waals surface area (Å²) in [7, 11) is 1.86. The summed E-state index contributed by atoms with van der Waals surface area (Å²) in [5.41, 5.74) is 6.33. The molecular weight excluding hydrogens is 272 g/mol. The fourth-order valence-corrected chi connectivity index (χ4v) is 3.12. The molecule has 108 valence electrons. The molecule has 1 fully saturated rings. The fourth-order valence-electron chi connectivity index (χ4n) is 2.25. The summed E-state index contributed by atoms with van der Waals surface area (Å²) in [5, 5.41) is 2.00. The number of amides is 1. The van der Waals surface area contributed by atoms with Crippen molar-refractivity contribution in [2.45, 2.75) is 19.4 Å². The van der Waals surface area contributed by atoms with Crippen molar-refractivity contribution in [3.05, 3.63) is 21.9 Å². The minimum atomic E-state index is 0.116. The van der Waals surface area contributed by atoms with Gasteiger partial charge in [-0.3, -0.25) is 4.79 Å². The zero-order chi connectivity index (χ0) is 14.4. The number of ether oxygens (including phenoxy) is 1. The summed E-state index contributed by atoms with van der Waals surface area (Å²) in [6.45, 7) is 2.41. The molecule has 4 nitrogen and oxygen atoms in total. The van der Waals surface area contributed by atoms with Gasteiger partial charge in [0.1, 0.15) is 0 Å². The third-order valence-electron chi connectivity index (χ3n) is 3.33. The molecule has 0 atom stereocenters. The molecule has 2 heterocycles. The zero-order valence-corrected chi connectivity index (χ0v) is 12.5. The molecule has 2 rings (SSSR count). The van der Waals surface area contributed by atoms with E-state index in [1.165, 1.54) is 0 Å². The highest BCUT2D eigenvalue weighted by atomic mass is 32.1. The summed E-state index contributed by atoms with van der Waals surface area (Å²) in [6, 6.07) is 2.03. The molecule has 0 aliphatic carbocycles. The lowest BCUT2D eigenvalue weighted by Gasteiger charge is -2.26. The summed E-state index contributed by atoms with van der Waals surface area (Å²) < 4.78 is 5.29. The van der Waals surface area contributed by atoms with Crippen LogP contribution in [0.1, 0.15) is 23.3 Å². The molecule has 1 amide bonds. The van der Waals surface area contributed by atoms with Crippen LogP contribution in [0.3, 0.4) is 0 Å². The van der Waals surface area contributed by atoms with Crippen LogP contribution in [0.15, 0.2) is 11.4 Å². The topological polar surface area (TPSA) is 55.6 Å². The number of carbonyl (C=O) groups excluding carboxylic acids is 1. The molecule has 5 heteroatoms. The maximum atomic E-state index is 12.3. The first-order chi connectivity index (χ1) is 9.70. The summed E-state index contributed by atoms with van der Waals surface area (Å²) in [6.07, 6.45) is 1.67. The first-order valence-electron chi connectivity index (χ1n) is 6.79. The Hall–Kier alpha value is -1.35. The van der Waals surface area contributed by atoms with Crippen LogP contribution in [0.2, 0.25) is 0 Å². The van der Waals surface area contributed by atoms with Crippen LogP contribution in [-0.2, 0) is 16.1 Å². The third-order valence-corrected chi connectivity index (χ3v) is 4.25. The highest BCUT2D eigenvalue weighted by Crippen LogP contribution is 2.20. The van der Waals surface area contributed by atoms with Crippen LogP contribution >= 0.6 is 11.3 Å². The lowest BCUT2D eigenvalue weighted by atomic mass is 9.99. The second-order valence-electron chi connectivity index (χ2n) is 4.89. The Balaban J connectivity index is 1.91. The normalized spacial score (nSPS) is 15.5. The molecule has 20 heavy (non-hydrogen) atoms. The lowest BCUT2D eigenvalue weighted by Crippen LogP contribution is -2.35.